The lowest BCUT2D eigenvalue weighted by Crippen LogP contribution is -2.21. The summed E-state index contributed by atoms with van der Waals surface area (Å²) in [5.74, 6) is 0.364. The molecule has 1 aliphatic carbocycles. The number of hydrogen-bond donors (Lipinski definition) is 0. The Morgan fingerprint density at radius 1 is 1.07 bits per heavy atom. The number of aromatic nitrogens is 3. The predicted octanol–water partition coefficient (Wildman–Crippen LogP) is 4.99. The van der Waals surface area contributed by atoms with Gasteiger partial charge in [-0.3, -0.25) is 9.36 Å². The minimum Gasteiger partial charge on any atom is -0.298 e. The van der Waals surface area contributed by atoms with E-state index in [2.05, 4.69) is 10.2 Å². The first-order valence-electron chi connectivity index (χ1n) is 9.10. The van der Waals surface area contributed by atoms with Gasteiger partial charge in [0.25, 0.3) is 0 Å². The van der Waals surface area contributed by atoms with Gasteiger partial charge in [0, 0.05) is 12.1 Å². The Balaban J connectivity index is 1.80. The lowest BCUT2D eigenvalue weighted by molar-refractivity contribution is -0.119. The third-order valence-electron chi connectivity index (χ3n) is 4.79. The van der Waals surface area contributed by atoms with Crippen LogP contribution in [0.4, 0.5) is 4.39 Å². The second-order valence-electron chi connectivity index (χ2n) is 6.78. The van der Waals surface area contributed by atoms with Gasteiger partial charge in [0.15, 0.2) is 11.0 Å². The van der Waals surface area contributed by atoms with E-state index in [1.54, 1.807) is 18.2 Å². The lowest BCUT2D eigenvalue weighted by Gasteiger charge is -2.20. The van der Waals surface area contributed by atoms with E-state index in [4.69, 9.17) is 0 Å². The molecule has 1 aromatic heterocycles. The van der Waals surface area contributed by atoms with Crippen LogP contribution >= 0.6 is 11.8 Å². The first-order chi connectivity index (χ1) is 13.1. The van der Waals surface area contributed by atoms with Crippen molar-refractivity contribution in [1.82, 2.24) is 14.8 Å². The number of benzene rings is 2. The molecule has 0 saturated heterocycles. The summed E-state index contributed by atoms with van der Waals surface area (Å²) in [7, 11) is 0. The van der Waals surface area contributed by atoms with Gasteiger partial charge in [-0.15, -0.1) is 10.2 Å². The standard InChI is InChI=1S/C21H20FN3OS/c1-14-10-12-15(13-11-14)25-20(16-6-2-3-7-17(16)22)23-24-21(25)27-19-9-5-4-8-18(19)26/h2-3,6-7,10-13,19H,4-5,8-9H2,1H3/t19-/m0/s1. The van der Waals surface area contributed by atoms with Crippen LogP contribution in [0.25, 0.3) is 17.1 Å². The molecule has 1 saturated carbocycles. The van der Waals surface area contributed by atoms with Crippen LogP contribution in [-0.4, -0.2) is 25.8 Å². The average molecular weight is 381 g/mol. The number of rotatable bonds is 4. The second-order valence-corrected chi connectivity index (χ2v) is 7.95. The van der Waals surface area contributed by atoms with Gasteiger partial charge in [-0.05, 0) is 44.0 Å². The van der Waals surface area contributed by atoms with Crippen molar-refractivity contribution in [3.63, 3.8) is 0 Å². The molecule has 0 bridgehead atoms. The minimum atomic E-state index is -0.344. The topological polar surface area (TPSA) is 47.8 Å². The maximum atomic E-state index is 14.4. The molecule has 3 aromatic rings. The van der Waals surface area contributed by atoms with Crippen molar-refractivity contribution < 1.29 is 9.18 Å². The van der Waals surface area contributed by atoms with E-state index in [0.29, 0.717) is 23.0 Å². The van der Waals surface area contributed by atoms with Crippen LogP contribution in [0.2, 0.25) is 0 Å². The molecule has 0 unspecified atom stereocenters. The van der Waals surface area contributed by atoms with E-state index < -0.39 is 0 Å². The molecule has 1 fully saturated rings. The Bertz CT molecular complexity index is 968. The van der Waals surface area contributed by atoms with Crippen molar-refractivity contribution in [3.8, 4) is 17.1 Å². The molecule has 0 spiro atoms. The van der Waals surface area contributed by atoms with Gasteiger partial charge < -0.3 is 0 Å². The largest absolute Gasteiger partial charge is 0.298 e. The maximum absolute atomic E-state index is 14.4. The molecule has 1 aliphatic rings. The van der Waals surface area contributed by atoms with E-state index in [-0.39, 0.29) is 16.9 Å². The van der Waals surface area contributed by atoms with Crippen LogP contribution in [0, 0.1) is 12.7 Å². The summed E-state index contributed by atoms with van der Waals surface area (Å²) in [6.45, 7) is 2.02. The highest BCUT2D eigenvalue weighted by Crippen LogP contribution is 2.35. The van der Waals surface area contributed by atoms with Crippen LogP contribution in [0.5, 0.6) is 0 Å². The molecule has 0 amide bonds. The van der Waals surface area contributed by atoms with Crippen molar-refractivity contribution in [2.75, 3.05) is 0 Å². The normalized spacial score (nSPS) is 17.3. The zero-order valence-electron chi connectivity index (χ0n) is 15.1. The fourth-order valence-corrected chi connectivity index (χ4v) is 4.47. The molecule has 138 valence electrons. The molecule has 0 N–H and O–H groups in total. The van der Waals surface area contributed by atoms with Crippen molar-refractivity contribution >= 4 is 17.5 Å². The molecule has 4 rings (SSSR count). The Labute approximate surface area is 161 Å². The number of Topliss-reactive ketones (excluding diaryl/α,β-unsaturated/α-hetero) is 1. The summed E-state index contributed by atoms with van der Waals surface area (Å²) >= 11 is 1.44. The van der Waals surface area contributed by atoms with Crippen LogP contribution in [0.1, 0.15) is 31.2 Å². The summed E-state index contributed by atoms with van der Waals surface area (Å²) in [5, 5.41) is 9.11. The predicted molar refractivity (Wildman–Crippen MR) is 105 cm³/mol. The molecule has 6 heteroatoms. The second kappa shape index (κ2) is 7.64. The summed E-state index contributed by atoms with van der Waals surface area (Å²) in [4.78, 5) is 12.3. The smallest absolute Gasteiger partial charge is 0.196 e. The number of carbonyl (C=O) groups excluding carboxylic acids is 1. The zero-order chi connectivity index (χ0) is 18.8. The number of aryl methyl sites for hydroxylation is 1. The van der Waals surface area contributed by atoms with Gasteiger partial charge >= 0.3 is 0 Å². The van der Waals surface area contributed by atoms with Crippen LogP contribution in [0.15, 0.2) is 53.7 Å². The van der Waals surface area contributed by atoms with Gasteiger partial charge in [-0.1, -0.05) is 48.0 Å². The Morgan fingerprint density at radius 3 is 2.59 bits per heavy atom. The average Bonchev–Trinajstić information content (AvgIpc) is 3.08. The van der Waals surface area contributed by atoms with E-state index in [0.717, 1.165) is 30.5 Å². The number of thioether (sulfide) groups is 1. The Hall–Kier alpha value is -2.47. The third kappa shape index (κ3) is 3.67. The van der Waals surface area contributed by atoms with Gasteiger partial charge in [-0.2, -0.15) is 0 Å². The number of halogens is 1. The number of carbonyl (C=O) groups is 1. The summed E-state index contributed by atoms with van der Waals surface area (Å²) in [6.07, 6.45) is 3.47. The van der Waals surface area contributed by atoms with Crippen LogP contribution in [0.3, 0.4) is 0 Å². The SMILES string of the molecule is Cc1ccc(-n2c(S[C@H]3CCCCC3=O)nnc2-c2ccccc2F)cc1. The van der Waals surface area contributed by atoms with Crippen LogP contribution in [-0.2, 0) is 4.79 Å². The van der Waals surface area contributed by atoms with Gasteiger partial charge in [0.1, 0.15) is 11.6 Å². The highest BCUT2D eigenvalue weighted by atomic mass is 32.2. The molecular weight excluding hydrogens is 361 g/mol. The molecule has 0 radical (unpaired) electrons. The van der Waals surface area contributed by atoms with E-state index in [1.165, 1.54) is 17.8 Å². The molecule has 2 aromatic carbocycles. The van der Waals surface area contributed by atoms with Crippen molar-refractivity contribution in [2.45, 2.75) is 43.0 Å². The number of ketones is 1. The van der Waals surface area contributed by atoms with Crippen LogP contribution < -0.4 is 0 Å². The Morgan fingerprint density at radius 2 is 1.85 bits per heavy atom. The number of hydrogen-bond acceptors (Lipinski definition) is 4. The third-order valence-corrected chi connectivity index (χ3v) is 6.04. The first-order valence-corrected chi connectivity index (χ1v) is 9.98. The quantitative estimate of drug-likeness (QED) is 0.639. The monoisotopic (exact) mass is 381 g/mol. The molecule has 1 heterocycles. The molecule has 4 nitrogen and oxygen atoms in total. The summed E-state index contributed by atoms with van der Waals surface area (Å²) in [5.41, 5.74) is 2.39. The highest BCUT2D eigenvalue weighted by molar-refractivity contribution is 8.00. The fraction of sp³-hybridized carbons (Fsp3) is 0.286. The Kier molecular flexibility index (Phi) is 5.07. The van der Waals surface area contributed by atoms with E-state index in [9.17, 15) is 9.18 Å². The lowest BCUT2D eigenvalue weighted by atomic mass is 9.99. The molecule has 1 atom stereocenters. The maximum Gasteiger partial charge on any atom is 0.196 e. The molecule has 0 aliphatic heterocycles. The minimum absolute atomic E-state index is 0.111. The van der Waals surface area contributed by atoms with Gasteiger partial charge in [0.05, 0.1) is 10.8 Å². The van der Waals surface area contributed by atoms with Crippen molar-refractivity contribution in [2.24, 2.45) is 0 Å². The zero-order valence-corrected chi connectivity index (χ0v) is 15.9. The first kappa shape index (κ1) is 17.9. The number of nitrogens with zero attached hydrogens (tertiary/aromatic N) is 3. The van der Waals surface area contributed by atoms with Gasteiger partial charge in [-0.25, -0.2) is 4.39 Å². The van der Waals surface area contributed by atoms with E-state index in [1.807, 2.05) is 35.8 Å². The summed E-state index contributed by atoms with van der Waals surface area (Å²) in [6, 6.07) is 14.5. The molecule has 27 heavy (non-hydrogen) atoms. The molecular formula is C21H20FN3OS. The fourth-order valence-electron chi connectivity index (χ4n) is 3.29. The highest BCUT2D eigenvalue weighted by Gasteiger charge is 2.27. The van der Waals surface area contributed by atoms with Crippen molar-refractivity contribution in [3.05, 3.63) is 59.9 Å². The van der Waals surface area contributed by atoms with Crippen molar-refractivity contribution in [1.29, 1.82) is 0 Å². The summed E-state index contributed by atoms with van der Waals surface area (Å²) < 4.78 is 16.3. The van der Waals surface area contributed by atoms with Gasteiger partial charge in [0.2, 0.25) is 0 Å². The van der Waals surface area contributed by atoms with E-state index >= 15 is 0 Å².